The van der Waals surface area contributed by atoms with Crippen LogP contribution in [0.15, 0.2) is 66.3 Å². The summed E-state index contributed by atoms with van der Waals surface area (Å²) in [5.74, 6) is -0.202. The standard InChI is InChI=1S/C19H14N2.C2H6/c1-14-8-10-15(11-9-14)18-12-16-6-4-3-5-7-17(16)19(18,13-20)21-2;1-2/h3-12,17H,1H3;1-2H3. The normalized spacial score (nSPS) is 24.1. The van der Waals surface area contributed by atoms with Crippen LogP contribution < -0.4 is 0 Å². The molecule has 0 fully saturated rings. The molecule has 0 aliphatic heterocycles. The summed E-state index contributed by atoms with van der Waals surface area (Å²) in [6, 6.07) is 10.3. The van der Waals surface area contributed by atoms with Crippen LogP contribution in [-0.2, 0) is 0 Å². The summed E-state index contributed by atoms with van der Waals surface area (Å²) in [6.07, 6.45) is 11.7. The van der Waals surface area contributed by atoms with Crippen molar-refractivity contribution in [1.82, 2.24) is 0 Å². The first kappa shape index (κ1) is 16.5. The second kappa shape index (κ2) is 6.95. The highest BCUT2D eigenvalue weighted by atomic mass is 14.8. The van der Waals surface area contributed by atoms with E-state index < -0.39 is 5.54 Å². The zero-order chi connectivity index (χ0) is 16.9. The Morgan fingerprint density at radius 1 is 1.13 bits per heavy atom. The Balaban J connectivity index is 0.000000924. The molecule has 23 heavy (non-hydrogen) atoms. The van der Waals surface area contributed by atoms with E-state index in [0.29, 0.717) is 0 Å². The molecule has 2 nitrogen and oxygen atoms in total. The van der Waals surface area contributed by atoms with Crippen molar-refractivity contribution in [1.29, 1.82) is 5.26 Å². The van der Waals surface area contributed by atoms with Crippen LogP contribution in [-0.4, -0.2) is 5.54 Å². The molecule has 2 aliphatic rings. The fourth-order valence-electron chi connectivity index (χ4n) is 2.90. The highest BCUT2D eigenvalue weighted by molar-refractivity contribution is 5.86. The van der Waals surface area contributed by atoms with Crippen LogP contribution in [0.1, 0.15) is 25.0 Å². The number of fused-ring (bicyclic) bond motifs is 1. The van der Waals surface area contributed by atoms with Gasteiger partial charge in [-0.3, -0.25) is 4.85 Å². The third-order valence-electron chi connectivity index (χ3n) is 4.05. The van der Waals surface area contributed by atoms with E-state index in [0.717, 1.165) is 16.7 Å². The van der Waals surface area contributed by atoms with Gasteiger partial charge in [-0.25, -0.2) is 6.57 Å². The molecule has 2 heteroatoms. The molecule has 2 unspecified atom stereocenters. The molecule has 0 aromatic heterocycles. The second-order valence-corrected chi connectivity index (χ2v) is 5.33. The van der Waals surface area contributed by atoms with Crippen molar-refractivity contribution < 1.29 is 0 Å². The summed E-state index contributed by atoms with van der Waals surface area (Å²) in [5, 5.41) is 9.75. The van der Waals surface area contributed by atoms with Gasteiger partial charge in [0, 0.05) is 0 Å². The van der Waals surface area contributed by atoms with Gasteiger partial charge in [0.25, 0.3) is 0 Å². The molecule has 2 aliphatic carbocycles. The first-order chi connectivity index (χ1) is 11.2. The molecule has 0 radical (unpaired) electrons. The van der Waals surface area contributed by atoms with E-state index in [9.17, 15) is 5.26 Å². The van der Waals surface area contributed by atoms with Crippen molar-refractivity contribution in [3.8, 4) is 6.07 Å². The first-order valence-electron chi connectivity index (χ1n) is 7.85. The van der Waals surface area contributed by atoms with E-state index in [1.54, 1.807) is 0 Å². The lowest BCUT2D eigenvalue weighted by molar-refractivity contribution is 0.675. The Kier molecular flexibility index (Phi) is 4.99. The summed E-state index contributed by atoms with van der Waals surface area (Å²) in [5.41, 5.74) is 2.77. The van der Waals surface area contributed by atoms with E-state index in [1.165, 1.54) is 5.56 Å². The van der Waals surface area contributed by atoms with Crippen molar-refractivity contribution in [2.75, 3.05) is 0 Å². The number of hydrogen-bond acceptors (Lipinski definition) is 1. The van der Waals surface area contributed by atoms with Gasteiger partial charge in [0.2, 0.25) is 0 Å². The highest BCUT2D eigenvalue weighted by Crippen LogP contribution is 2.48. The van der Waals surface area contributed by atoms with Crippen molar-refractivity contribution in [3.05, 3.63) is 88.8 Å². The van der Waals surface area contributed by atoms with Crippen LogP contribution in [0.2, 0.25) is 0 Å². The maximum atomic E-state index is 9.75. The Labute approximate surface area is 138 Å². The molecular formula is C21H20N2. The lowest BCUT2D eigenvalue weighted by atomic mass is 9.80. The average molecular weight is 300 g/mol. The average Bonchev–Trinajstić information content (AvgIpc) is 2.74. The maximum Gasteiger partial charge on any atom is 0.351 e. The topological polar surface area (TPSA) is 28.1 Å². The summed E-state index contributed by atoms with van der Waals surface area (Å²) in [7, 11) is 0. The lowest BCUT2D eigenvalue weighted by Gasteiger charge is -2.18. The molecule has 114 valence electrons. The van der Waals surface area contributed by atoms with Crippen molar-refractivity contribution in [3.63, 3.8) is 0 Å². The first-order valence-corrected chi connectivity index (χ1v) is 7.85. The Hall–Kier alpha value is -2.84. The number of hydrogen-bond donors (Lipinski definition) is 0. The number of allylic oxidation sites excluding steroid dienone is 5. The number of benzene rings is 1. The number of aryl methyl sites for hydroxylation is 1. The minimum Gasteiger partial charge on any atom is -0.288 e. The molecule has 0 N–H and O–H groups in total. The molecule has 2 atom stereocenters. The van der Waals surface area contributed by atoms with Crippen molar-refractivity contribution in [2.45, 2.75) is 26.3 Å². The van der Waals surface area contributed by atoms with E-state index in [-0.39, 0.29) is 5.92 Å². The van der Waals surface area contributed by atoms with Crippen molar-refractivity contribution in [2.24, 2.45) is 5.92 Å². The SMILES string of the molecule is CC.[C-]#[N+]C1(C#N)C(c2ccc(C)cc2)=CC2=CC=CC=CC21. The van der Waals surface area contributed by atoms with Crippen LogP contribution >= 0.6 is 0 Å². The summed E-state index contributed by atoms with van der Waals surface area (Å²) >= 11 is 0. The fraction of sp³-hybridized carbons (Fsp3) is 0.238. The zero-order valence-corrected chi connectivity index (χ0v) is 13.7. The number of nitriles is 1. The third-order valence-corrected chi connectivity index (χ3v) is 4.05. The molecule has 3 rings (SSSR count). The second-order valence-electron chi connectivity index (χ2n) is 5.33. The summed E-state index contributed by atoms with van der Waals surface area (Å²) < 4.78 is 0. The molecule has 0 spiro atoms. The lowest BCUT2D eigenvalue weighted by Crippen LogP contribution is -2.29. The van der Waals surface area contributed by atoms with Crippen LogP contribution in [0, 0.1) is 30.7 Å². The van der Waals surface area contributed by atoms with E-state index in [2.05, 4.69) is 10.9 Å². The fourth-order valence-corrected chi connectivity index (χ4v) is 2.90. The Morgan fingerprint density at radius 2 is 1.83 bits per heavy atom. The van der Waals surface area contributed by atoms with Crippen LogP contribution in [0.4, 0.5) is 0 Å². The molecule has 0 saturated heterocycles. The van der Waals surface area contributed by atoms with Gasteiger partial charge in [-0.1, -0.05) is 74.1 Å². The predicted octanol–water partition coefficient (Wildman–Crippen LogP) is 5.27. The van der Waals surface area contributed by atoms with Gasteiger partial charge in [-0.15, -0.1) is 0 Å². The van der Waals surface area contributed by atoms with Gasteiger partial charge in [-0.05, 0) is 24.1 Å². The Morgan fingerprint density at radius 3 is 2.43 bits per heavy atom. The largest absolute Gasteiger partial charge is 0.351 e. The number of nitrogens with zero attached hydrogens (tertiary/aromatic N) is 2. The zero-order valence-electron chi connectivity index (χ0n) is 13.7. The molecular weight excluding hydrogens is 280 g/mol. The quantitative estimate of drug-likeness (QED) is 0.649. The minimum absolute atomic E-state index is 0.202. The van der Waals surface area contributed by atoms with E-state index in [4.69, 9.17) is 6.57 Å². The van der Waals surface area contributed by atoms with Gasteiger partial charge in [-0.2, -0.15) is 5.26 Å². The number of rotatable bonds is 1. The minimum atomic E-state index is -1.16. The van der Waals surface area contributed by atoms with Gasteiger partial charge < -0.3 is 0 Å². The third kappa shape index (κ3) is 2.77. The highest BCUT2D eigenvalue weighted by Gasteiger charge is 2.54. The van der Waals surface area contributed by atoms with Crippen LogP contribution in [0.5, 0.6) is 0 Å². The van der Waals surface area contributed by atoms with Gasteiger partial charge in [0.05, 0.1) is 11.5 Å². The van der Waals surface area contributed by atoms with Gasteiger partial charge in [0.15, 0.2) is 6.07 Å². The van der Waals surface area contributed by atoms with Gasteiger partial charge >= 0.3 is 5.54 Å². The summed E-state index contributed by atoms with van der Waals surface area (Å²) in [4.78, 5) is 3.74. The molecule has 1 aromatic carbocycles. The summed E-state index contributed by atoms with van der Waals surface area (Å²) in [6.45, 7) is 13.7. The van der Waals surface area contributed by atoms with Crippen molar-refractivity contribution >= 4 is 5.57 Å². The molecule has 0 saturated carbocycles. The van der Waals surface area contributed by atoms with E-state index >= 15 is 0 Å². The van der Waals surface area contributed by atoms with Crippen LogP contribution in [0.3, 0.4) is 0 Å². The van der Waals surface area contributed by atoms with E-state index in [1.807, 2.05) is 81.5 Å². The maximum absolute atomic E-state index is 9.75. The molecule has 0 amide bonds. The predicted molar refractivity (Wildman–Crippen MR) is 95.3 cm³/mol. The van der Waals surface area contributed by atoms with Crippen LogP contribution in [0.25, 0.3) is 10.4 Å². The Bertz CT molecular complexity index is 761. The molecule has 0 bridgehead atoms. The monoisotopic (exact) mass is 300 g/mol. The molecule has 0 heterocycles. The smallest absolute Gasteiger partial charge is 0.288 e. The molecule has 1 aromatic rings. The van der Waals surface area contributed by atoms with Gasteiger partial charge in [0.1, 0.15) is 0 Å².